The van der Waals surface area contributed by atoms with Crippen molar-refractivity contribution < 1.29 is 4.42 Å². The van der Waals surface area contributed by atoms with E-state index in [1.807, 2.05) is 30.9 Å². The first-order chi connectivity index (χ1) is 8.63. The maximum absolute atomic E-state index is 5.61. The van der Waals surface area contributed by atoms with Gasteiger partial charge in [0.2, 0.25) is 0 Å². The molecule has 5 heteroatoms. The van der Waals surface area contributed by atoms with Gasteiger partial charge in [0, 0.05) is 19.2 Å². The number of hydrogen-bond donors (Lipinski definition) is 1. The van der Waals surface area contributed by atoms with Gasteiger partial charge < -0.3 is 9.73 Å². The van der Waals surface area contributed by atoms with E-state index in [-0.39, 0.29) is 6.04 Å². The molecule has 0 spiro atoms. The largest absolute Gasteiger partial charge is 0.453 e. The van der Waals surface area contributed by atoms with Gasteiger partial charge >= 0.3 is 0 Å². The van der Waals surface area contributed by atoms with E-state index < -0.39 is 0 Å². The summed E-state index contributed by atoms with van der Waals surface area (Å²) in [5.41, 5.74) is 2.33. The fraction of sp³-hybridized carbons (Fsp3) is 0.462. The standard InChI is InChI=1S/C13H18BrN3O/c1-4-9-7-10(17(3)16-9)8-11(15-2)12-5-6-13(14)18-12/h5-7,11,15H,4,8H2,1-3H3. The molecule has 1 N–H and O–H groups in total. The molecular weight excluding hydrogens is 294 g/mol. The van der Waals surface area contributed by atoms with Gasteiger partial charge in [-0.15, -0.1) is 0 Å². The normalized spacial score (nSPS) is 12.9. The summed E-state index contributed by atoms with van der Waals surface area (Å²) in [6, 6.07) is 6.22. The Morgan fingerprint density at radius 2 is 2.28 bits per heavy atom. The predicted molar refractivity (Wildman–Crippen MR) is 74.5 cm³/mol. The Morgan fingerprint density at radius 1 is 1.50 bits per heavy atom. The summed E-state index contributed by atoms with van der Waals surface area (Å²) in [6.07, 6.45) is 1.82. The van der Waals surface area contributed by atoms with E-state index in [9.17, 15) is 0 Å². The summed E-state index contributed by atoms with van der Waals surface area (Å²) in [4.78, 5) is 0. The third-order valence-electron chi connectivity index (χ3n) is 3.09. The van der Waals surface area contributed by atoms with Crippen LogP contribution in [0.15, 0.2) is 27.3 Å². The smallest absolute Gasteiger partial charge is 0.169 e. The number of furan rings is 1. The second-order valence-corrected chi connectivity index (χ2v) is 5.07. The first-order valence-electron chi connectivity index (χ1n) is 6.08. The maximum Gasteiger partial charge on any atom is 0.169 e. The minimum absolute atomic E-state index is 0.163. The summed E-state index contributed by atoms with van der Waals surface area (Å²) >= 11 is 3.33. The lowest BCUT2D eigenvalue weighted by Gasteiger charge is -2.13. The fourth-order valence-corrected chi connectivity index (χ4v) is 2.32. The molecule has 0 saturated heterocycles. The number of halogens is 1. The zero-order valence-corrected chi connectivity index (χ0v) is 12.5. The molecule has 0 aliphatic carbocycles. The maximum atomic E-state index is 5.61. The van der Waals surface area contributed by atoms with Crippen LogP contribution >= 0.6 is 15.9 Å². The van der Waals surface area contributed by atoms with Crippen molar-refractivity contribution in [1.82, 2.24) is 15.1 Å². The Balaban J connectivity index is 2.17. The van der Waals surface area contributed by atoms with Gasteiger partial charge in [0.1, 0.15) is 5.76 Å². The highest BCUT2D eigenvalue weighted by Crippen LogP contribution is 2.23. The van der Waals surface area contributed by atoms with Crippen LogP contribution in [0.25, 0.3) is 0 Å². The van der Waals surface area contributed by atoms with Crippen molar-refractivity contribution in [3.05, 3.63) is 40.0 Å². The minimum Gasteiger partial charge on any atom is -0.453 e. The van der Waals surface area contributed by atoms with Crippen LogP contribution < -0.4 is 5.32 Å². The van der Waals surface area contributed by atoms with Crippen LogP contribution in [0.5, 0.6) is 0 Å². The molecule has 0 aromatic carbocycles. The predicted octanol–water partition coefficient (Wildman–Crippen LogP) is 2.84. The zero-order chi connectivity index (χ0) is 13.1. The highest BCUT2D eigenvalue weighted by atomic mass is 79.9. The van der Waals surface area contributed by atoms with Crippen molar-refractivity contribution in [2.75, 3.05) is 7.05 Å². The van der Waals surface area contributed by atoms with E-state index in [0.717, 1.165) is 29.0 Å². The molecule has 0 bridgehead atoms. The number of aromatic nitrogens is 2. The molecule has 18 heavy (non-hydrogen) atoms. The van der Waals surface area contributed by atoms with Gasteiger partial charge in [0.25, 0.3) is 0 Å². The van der Waals surface area contributed by atoms with Crippen LogP contribution in [-0.2, 0) is 19.9 Å². The van der Waals surface area contributed by atoms with Crippen molar-refractivity contribution in [3.63, 3.8) is 0 Å². The summed E-state index contributed by atoms with van der Waals surface area (Å²) in [6.45, 7) is 2.12. The molecule has 0 radical (unpaired) electrons. The van der Waals surface area contributed by atoms with Crippen LogP contribution in [0.2, 0.25) is 0 Å². The topological polar surface area (TPSA) is 43.0 Å². The molecule has 4 nitrogen and oxygen atoms in total. The molecule has 1 atom stereocenters. The van der Waals surface area contributed by atoms with Crippen LogP contribution in [0.1, 0.15) is 30.1 Å². The quantitative estimate of drug-likeness (QED) is 0.923. The number of nitrogens with one attached hydrogen (secondary N) is 1. The van der Waals surface area contributed by atoms with E-state index in [1.165, 1.54) is 5.69 Å². The summed E-state index contributed by atoms with van der Waals surface area (Å²) in [5.74, 6) is 0.934. The van der Waals surface area contributed by atoms with Crippen molar-refractivity contribution in [1.29, 1.82) is 0 Å². The Morgan fingerprint density at radius 3 is 2.78 bits per heavy atom. The molecule has 0 aliphatic heterocycles. The number of rotatable bonds is 5. The van der Waals surface area contributed by atoms with Gasteiger partial charge in [-0.05, 0) is 47.6 Å². The molecule has 1 unspecified atom stereocenters. The third kappa shape index (κ3) is 2.84. The number of nitrogens with zero attached hydrogens (tertiary/aromatic N) is 2. The van der Waals surface area contributed by atoms with Crippen molar-refractivity contribution in [3.8, 4) is 0 Å². The van der Waals surface area contributed by atoms with Gasteiger partial charge in [-0.1, -0.05) is 6.92 Å². The molecule has 2 heterocycles. The van der Waals surface area contributed by atoms with Crippen molar-refractivity contribution in [2.24, 2.45) is 7.05 Å². The average molecular weight is 312 g/mol. The van der Waals surface area contributed by atoms with E-state index in [4.69, 9.17) is 4.42 Å². The lowest BCUT2D eigenvalue weighted by molar-refractivity contribution is 0.411. The van der Waals surface area contributed by atoms with E-state index in [0.29, 0.717) is 0 Å². The summed E-state index contributed by atoms with van der Waals surface area (Å²) in [5, 5.41) is 7.74. The van der Waals surface area contributed by atoms with Crippen LogP contribution in [0.3, 0.4) is 0 Å². The average Bonchev–Trinajstić information content (AvgIpc) is 2.93. The first-order valence-corrected chi connectivity index (χ1v) is 6.87. The van der Waals surface area contributed by atoms with E-state index >= 15 is 0 Å². The monoisotopic (exact) mass is 311 g/mol. The Labute approximate surface area is 115 Å². The van der Waals surface area contributed by atoms with Gasteiger partial charge in [0.05, 0.1) is 11.7 Å². The highest BCUT2D eigenvalue weighted by Gasteiger charge is 2.16. The molecule has 0 amide bonds. The molecule has 2 aromatic heterocycles. The molecule has 2 aromatic rings. The minimum atomic E-state index is 0.163. The van der Waals surface area contributed by atoms with E-state index in [2.05, 4.69) is 39.3 Å². The van der Waals surface area contributed by atoms with Crippen LogP contribution in [0.4, 0.5) is 0 Å². The second-order valence-electron chi connectivity index (χ2n) is 4.29. The number of likely N-dealkylation sites (N-methyl/N-ethyl adjacent to an activating group) is 1. The van der Waals surface area contributed by atoms with Crippen molar-refractivity contribution >= 4 is 15.9 Å². The van der Waals surface area contributed by atoms with Gasteiger partial charge in [-0.2, -0.15) is 5.10 Å². The molecule has 0 saturated carbocycles. The Hall–Kier alpha value is -1.07. The van der Waals surface area contributed by atoms with Crippen molar-refractivity contribution in [2.45, 2.75) is 25.8 Å². The molecular formula is C13H18BrN3O. The van der Waals surface area contributed by atoms with E-state index in [1.54, 1.807) is 0 Å². The fourth-order valence-electron chi connectivity index (χ4n) is 2.00. The van der Waals surface area contributed by atoms with Gasteiger partial charge in [-0.3, -0.25) is 4.68 Å². The van der Waals surface area contributed by atoms with Crippen LogP contribution in [-0.4, -0.2) is 16.8 Å². The lowest BCUT2D eigenvalue weighted by atomic mass is 10.1. The third-order valence-corrected chi connectivity index (χ3v) is 3.51. The molecule has 0 fully saturated rings. The Kier molecular flexibility index (Phi) is 4.24. The second kappa shape index (κ2) is 5.71. The Bertz CT molecular complexity index is 518. The SMILES string of the molecule is CCc1cc(CC(NC)c2ccc(Br)o2)n(C)n1. The number of hydrogen-bond acceptors (Lipinski definition) is 3. The molecule has 0 aliphatic rings. The number of aryl methyl sites for hydroxylation is 2. The van der Waals surface area contributed by atoms with Gasteiger partial charge in [0.15, 0.2) is 4.67 Å². The van der Waals surface area contributed by atoms with Crippen LogP contribution in [0, 0.1) is 0 Å². The molecule has 2 rings (SSSR count). The summed E-state index contributed by atoms with van der Waals surface area (Å²) in [7, 11) is 3.93. The van der Waals surface area contributed by atoms with Gasteiger partial charge in [-0.25, -0.2) is 0 Å². The first kappa shape index (κ1) is 13.4. The zero-order valence-electron chi connectivity index (χ0n) is 10.9. The lowest BCUT2D eigenvalue weighted by Crippen LogP contribution is -2.19. The summed E-state index contributed by atoms with van der Waals surface area (Å²) < 4.78 is 8.31. The highest BCUT2D eigenvalue weighted by molar-refractivity contribution is 9.10. The molecule has 98 valence electrons.